The molecule has 0 aromatic heterocycles. The number of nitrogens with two attached hydrogens (primary N) is 1. The number of phenolic OH excluding ortho intramolecular Hbond substituents is 1. The van der Waals surface area contributed by atoms with Crippen LogP contribution in [0.4, 0.5) is 0 Å². The Labute approximate surface area is 436 Å². The first-order valence-corrected chi connectivity index (χ1v) is 25.1. The summed E-state index contributed by atoms with van der Waals surface area (Å²) >= 11 is 0. The highest BCUT2D eigenvalue weighted by molar-refractivity contribution is 6.05. The first-order chi connectivity index (χ1) is 35.6. The van der Waals surface area contributed by atoms with Gasteiger partial charge in [0, 0.05) is 19.9 Å². The zero-order valence-corrected chi connectivity index (χ0v) is 43.3. The molecule has 0 unspecified atom stereocenters. The van der Waals surface area contributed by atoms with Gasteiger partial charge in [0.1, 0.15) is 47.8 Å². The molecule has 21 nitrogen and oxygen atoms in total. The molecule has 21 heteroatoms. The van der Waals surface area contributed by atoms with Gasteiger partial charge in [-0.25, -0.2) is 4.79 Å². The van der Waals surface area contributed by atoms with Crippen molar-refractivity contribution in [1.82, 2.24) is 36.8 Å². The second-order valence-corrected chi connectivity index (χ2v) is 19.0. The molecule has 0 spiro atoms. The average Bonchev–Trinajstić information content (AvgIpc) is 3.36. The van der Waals surface area contributed by atoms with Crippen LogP contribution in [0, 0.1) is 5.92 Å². The summed E-state index contributed by atoms with van der Waals surface area (Å²) in [6.07, 6.45) is 0.863. The third kappa shape index (κ3) is 18.7. The van der Waals surface area contributed by atoms with Gasteiger partial charge >= 0.3 is 5.97 Å². The molecule has 11 N–H and O–H groups in total. The van der Waals surface area contributed by atoms with E-state index < -0.39 is 120 Å². The van der Waals surface area contributed by atoms with Gasteiger partial charge in [-0.2, -0.15) is 0 Å². The van der Waals surface area contributed by atoms with Gasteiger partial charge < -0.3 is 62.6 Å². The number of nitrogens with zero attached hydrogens (tertiary/aromatic N) is 1. The number of aliphatic hydroxyl groups is 2. The van der Waals surface area contributed by atoms with Crippen molar-refractivity contribution in [1.29, 1.82) is 0 Å². The SMILES string of the molecule is CCCCCc1ccccc1CCC(=O)N[C@@H]1C(=O)N(C)/C(=C/c2ccc(O)cc2)C(=O)N[C@@H](CC(C)C)C(=O)N[C@H](Cc2ccccc2)C(=O)N[C@@H]([C@H](C)O)C(=O)N[C@@H](CC(N)=O)C(=O)N[C@@H](CO)C(=O)O[C@@H]1C. The van der Waals surface area contributed by atoms with Crippen LogP contribution in [0.1, 0.15) is 95.4 Å². The number of primary amides is 1. The summed E-state index contributed by atoms with van der Waals surface area (Å²) in [7, 11) is 1.22. The van der Waals surface area contributed by atoms with Crippen LogP contribution >= 0.6 is 0 Å². The number of hydrogen-bond donors (Lipinski definition) is 10. The molecule has 3 aromatic rings. The molecule has 1 aliphatic rings. The number of carbonyl (C=O) groups is 9. The fourth-order valence-corrected chi connectivity index (χ4v) is 8.24. The average molecular weight is 1040 g/mol. The van der Waals surface area contributed by atoms with Gasteiger partial charge in [0.15, 0.2) is 6.04 Å². The summed E-state index contributed by atoms with van der Waals surface area (Å²) in [5.41, 5.74) is 7.87. The van der Waals surface area contributed by atoms with Crippen LogP contribution in [-0.4, -0.2) is 136 Å². The van der Waals surface area contributed by atoms with E-state index in [0.717, 1.165) is 48.6 Å². The monoisotopic (exact) mass is 1040 g/mol. The summed E-state index contributed by atoms with van der Waals surface area (Å²) in [4.78, 5) is 127. The Morgan fingerprint density at radius 3 is 1.95 bits per heavy atom. The van der Waals surface area contributed by atoms with E-state index in [0.29, 0.717) is 11.1 Å². The van der Waals surface area contributed by atoms with Crippen LogP contribution in [0.25, 0.3) is 6.08 Å². The first kappa shape index (κ1) is 59.9. The number of cyclic esters (lactones) is 1. The molecule has 1 fully saturated rings. The largest absolute Gasteiger partial charge is 0.508 e. The van der Waals surface area contributed by atoms with Crippen LogP contribution in [0.3, 0.4) is 0 Å². The molecule has 3 aromatic carbocycles. The third-order valence-corrected chi connectivity index (χ3v) is 12.4. The van der Waals surface area contributed by atoms with Crippen molar-refractivity contribution in [2.45, 2.75) is 141 Å². The highest BCUT2D eigenvalue weighted by Gasteiger charge is 2.39. The number of rotatable bonds is 17. The minimum atomic E-state index is -1.92. The van der Waals surface area contributed by atoms with Crippen LogP contribution < -0.4 is 37.6 Å². The Kier molecular flexibility index (Phi) is 23.4. The number of aromatic hydroxyl groups is 1. The van der Waals surface area contributed by atoms with E-state index in [4.69, 9.17) is 10.5 Å². The minimum Gasteiger partial charge on any atom is -0.508 e. The smallest absolute Gasteiger partial charge is 0.331 e. The molecule has 0 aliphatic carbocycles. The highest BCUT2D eigenvalue weighted by atomic mass is 16.5. The van der Waals surface area contributed by atoms with Gasteiger partial charge in [-0.1, -0.05) is 100 Å². The molecule has 406 valence electrons. The van der Waals surface area contributed by atoms with E-state index in [1.54, 1.807) is 44.2 Å². The number of benzene rings is 3. The number of aryl methyl sites for hydroxylation is 2. The fourth-order valence-electron chi connectivity index (χ4n) is 8.24. The van der Waals surface area contributed by atoms with Crippen molar-refractivity contribution in [3.05, 3.63) is 107 Å². The Hall–Kier alpha value is -7.65. The second-order valence-electron chi connectivity index (χ2n) is 19.0. The molecule has 0 radical (unpaired) electrons. The molecule has 0 saturated carbocycles. The summed E-state index contributed by atoms with van der Waals surface area (Å²) in [6, 6.07) is 11.4. The molecular formula is C54H72N8O13. The molecule has 8 amide bonds. The number of likely N-dealkylation sites (N-methyl/N-ethyl adjacent to an activating group) is 1. The maximum Gasteiger partial charge on any atom is 0.331 e. The second kappa shape index (κ2) is 29.3. The third-order valence-electron chi connectivity index (χ3n) is 12.4. The van der Waals surface area contributed by atoms with Crippen molar-refractivity contribution in [2.75, 3.05) is 13.7 Å². The first-order valence-electron chi connectivity index (χ1n) is 25.1. The van der Waals surface area contributed by atoms with E-state index in [9.17, 15) is 58.5 Å². The van der Waals surface area contributed by atoms with Gasteiger partial charge in [-0.05, 0) is 85.9 Å². The van der Waals surface area contributed by atoms with E-state index in [-0.39, 0.29) is 37.4 Å². The van der Waals surface area contributed by atoms with Gasteiger partial charge in [0.25, 0.3) is 11.8 Å². The maximum atomic E-state index is 15.0. The van der Waals surface area contributed by atoms with Crippen molar-refractivity contribution < 1.29 is 63.2 Å². The lowest BCUT2D eigenvalue weighted by Gasteiger charge is -2.31. The number of nitrogens with one attached hydrogen (secondary N) is 6. The molecule has 1 saturated heterocycles. The van der Waals surface area contributed by atoms with E-state index in [1.807, 2.05) is 24.3 Å². The maximum absolute atomic E-state index is 15.0. The number of amides is 8. The molecular weight excluding hydrogens is 969 g/mol. The quantitative estimate of drug-likeness (QED) is 0.0512. The number of carbonyl (C=O) groups excluding carboxylic acids is 9. The lowest BCUT2D eigenvalue weighted by molar-refractivity contribution is -0.158. The standard InChI is InChI=1S/C54H72N8O13/c1-7-8-10-17-36-18-13-14-19-37(36)22-25-45(67)60-47-33(5)75-54(74)42(30-63)59-49(69)41(29-44(55)66)58-52(72)46(32(4)64)61-50(70)40(27-34-15-11-9-12-16-34)56-48(68)39(26-31(2)3)57-51(71)43(62(6)53(47)73)28-35-20-23-38(65)24-21-35/h9,11-16,18-21,23-24,28,31-33,39-42,46-47,63-65H,7-8,10,17,22,25-27,29-30H2,1-6H3,(H2,55,66)(H,56,68)(H,57,71)(H,58,72)(H,59,69)(H,60,67)(H,61,70)/b43-28+/t32-,33+,39-,40+,41-,42-,46-,47-/m0/s1. The van der Waals surface area contributed by atoms with E-state index >= 15 is 0 Å². The Bertz CT molecular complexity index is 2500. The molecule has 1 aliphatic heterocycles. The lowest BCUT2D eigenvalue weighted by atomic mass is 9.98. The van der Waals surface area contributed by atoms with Crippen molar-refractivity contribution in [2.24, 2.45) is 11.7 Å². The molecule has 75 heavy (non-hydrogen) atoms. The Balaban J connectivity index is 1.87. The summed E-state index contributed by atoms with van der Waals surface area (Å²) < 4.78 is 5.67. The molecule has 4 rings (SSSR count). The zero-order chi connectivity index (χ0) is 55.4. The predicted molar refractivity (Wildman–Crippen MR) is 276 cm³/mol. The number of unbranched alkanes of at least 4 members (excludes halogenated alkanes) is 2. The van der Waals surface area contributed by atoms with Crippen molar-refractivity contribution >= 4 is 59.3 Å². The van der Waals surface area contributed by atoms with Gasteiger partial charge in [0.2, 0.25) is 35.4 Å². The number of aliphatic hydroxyl groups excluding tert-OH is 2. The number of esters is 1. The normalized spacial score (nSPS) is 22.8. The minimum absolute atomic E-state index is 0.0111. The summed E-state index contributed by atoms with van der Waals surface area (Å²) in [6.45, 7) is 6.94. The van der Waals surface area contributed by atoms with Crippen LogP contribution in [0.2, 0.25) is 0 Å². The summed E-state index contributed by atoms with van der Waals surface area (Å²) in [5.74, 6) is -9.73. The van der Waals surface area contributed by atoms with Gasteiger partial charge in [-0.15, -0.1) is 0 Å². The number of phenols is 1. The van der Waals surface area contributed by atoms with Gasteiger partial charge in [-0.3, -0.25) is 38.4 Å². The van der Waals surface area contributed by atoms with E-state index in [1.165, 1.54) is 44.3 Å². The van der Waals surface area contributed by atoms with E-state index in [2.05, 4.69) is 38.8 Å². The Morgan fingerprint density at radius 1 is 0.760 bits per heavy atom. The van der Waals surface area contributed by atoms with Crippen LogP contribution in [0.15, 0.2) is 84.6 Å². The predicted octanol–water partition coefficient (Wildman–Crippen LogP) is 0.948. The lowest BCUT2D eigenvalue weighted by Crippen LogP contribution is -2.62. The number of hydrogen-bond acceptors (Lipinski definition) is 13. The molecule has 1 heterocycles. The highest BCUT2D eigenvalue weighted by Crippen LogP contribution is 2.20. The number of ether oxygens (including phenoxy) is 1. The van der Waals surface area contributed by atoms with Crippen LogP contribution in [0.5, 0.6) is 5.75 Å². The fraction of sp³-hybridized carbons (Fsp3) is 0.463. The Morgan fingerprint density at radius 2 is 1.35 bits per heavy atom. The van der Waals surface area contributed by atoms with Crippen molar-refractivity contribution in [3.63, 3.8) is 0 Å². The van der Waals surface area contributed by atoms with Crippen molar-refractivity contribution in [3.8, 4) is 5.75 Å². The topological polar surface area (TPSA) is 325 Å². The zero-order valence-electron chi connectivity index (χ0n) is 43.3. The summed E-state index contributed by atoms with van der Waals surface area (Å²) in [5, 5.41) is 46.2. The molecule has 8 atom stereocenters. The molecule has 0 bridgehead atoms. The van der Waals surface area contributed by atoms with Gasteiger partial charge in [0.05, 0.1) is 19.1 Å². The van der Waals surface area contributed by atoms with Crippen LogP contribution in [-0.2, 0) is 67.2 Å².